The summed E-state index contributed by atoms with van der Waals surface area (Å²) in [6.07, 6.45) is 0. The number of methoxy groups -OCH3 is 2. The van der Waals surface area contributed by atoms with Gasteiger partial charge in [-0.1, -0.05) is 12.1 Å². The monoisotopic (exact) mass is 427 g/mol. The zero-order valence-electron chi connectivity index (χ0n) is 19.5. The molecule has 168 valence electrons. The number of amides is 2. The van der Waals surface area contributed by atoms with E-state index in [-0.39, 0.29) is 24.9 Å². The zero-order valence-corrected chi connectivity index (χ0v) is 19.5. The summed E-state index contributed by atoms with van der Waals surface area (Å²) in [4.78, 5) is 28.4. The van der Waals surface area contributed by atoms with E-state index in [2.05, 4.69) is 5.32 Å². The average Bonchev–Trinajstić information content (AvgIpc) is 2.72. The fourth-order valence-corrected chi connectivity index (χ4v) is 3.27. The Morgan fingerprint density at radius 1 is 0.935 bits per heavy atom. The first-order chi connectivity index (χ1) is 14.7. The molecule has 0 aromatic heterocycles. The van der Waals surface area contributed by atoms with Crippen molar-refractivity contribution in [2.75, 3.05) is 46.7 Å². The molecule has 0 aliphatic carbocycles. The Balaban J connectivity index is 1.93. The molecule has 0 bridgehead atoms. The number of nitrogens with one attached hydrogen (secondary N) is 1. The molecule has 0 saturated heterocycles. The molecule has 0 heterocycles. The molecule has 2 aromatic carbocycles. The minimum atomic E-state index is -0.151. The molecule has 31 heavy (non-hydrogen) atoms. The summed E-state index contributed by atoms with van der Waals surface area (Å²) in [6, 6.07) is 9.59. The molecule has 0 aliphatic heterocycles. The Kier molecular flexibility index (Phi) is 8.45. The lowest BCUT2D eigenvalue weighted by molar-refractivity contribution is -0.131. The molecule has 2 aromatic rings. The van der Waals surface area contributed by atoms with Gasteiger partial charge in [0.1, 0.15) is 0 Å². The summed E-state index contributed by atoms with van der Waals surface area (Å²) in [7, 11) is 6.70. The minimum absolute atomic E-state index is 0.0729. The van der Waals surface area contributed by atoms with Crippen LogP contribution in [0, 0.1) is 20.8 Å². The average molecular weight is 428 g/mol. The second-order valence-electron chi connectivity index (χ2n) is 7.85. The zero-order chi connectivity index (χ0) is 23.1. The van der Waals surface area contributed by atoms with Crippen LogP contribution in [0.5, 0.6) is 11.5 Å². The molecule has 0 fully saturated rings. The lowest BCUT2D eigenvalue weighted by atomic mass is 10.1. The van der Waals surface area contributed by atoms with Gasteiger partial charge in [0.05, 0.1) is 27.3 Å². The van der Waals surface area contributed by atoms with Crippen LogP contribution < -0.4 is 14.8 Å². The number of aryl methyl sites for hydroxylation is 2. The third-order valence-electron chi connectivity index (χ3n) is 5.37. The van der Waals surface area contributed by atoms with E-state index in [1.807, 2.05) is 51.1 Å². The quantitative estimate of drug-likeness (QED) is 0.666. The van der Waals surface area contributed by atoms with Crippen molar-refractivity contribution in [2.45, 2.75) is 27.3 Å². The topological polar surface area (TPSA) is 71.1 Å². The maximum Gasteiger partial charge on any atom is 0.238 e. The van der Waals surface area contributed by atoms with Crippen LogP contribution in [0.3, 0.4) is 0 Å². The van der Waals surface area contributed by atoms with Crippen LogP contribution in [0.2, 0.25) is 0 Å². The molecular weight excluding hydrogens is 394 g/mol. The highest BCUT2D eigenvalue weighted by atomic mass is 16.5. The molecule has 7 nitrogen and oxygen atoms in total. The van der Waals surface area contributed by atoms with Gasteiger partial charge in [0.25, 0.3) is 0 Å². The van der Waals surface area contributed by atoms with E-state index >= 15 is 0 Å². The van der Waals surface area contributed by atoms with E-state index in [4.69, 9.17) is 9.47 Å². The third kappa shape index (κ3) is 6.46. The first-order valence-corrected chi connectivity index (χ1v) is 10.2. The molecular formula is C24H33N3O4. The SMILES string of the molecule is COc1cc(C)c(CN(C)C(=O)CN(C)CC(=O)Nc2cccc(C)c2C)cc1OC. The normalized spacial score (nSPS) is 10.7. The van der Waals surface area contributed by atoms with Crippen LogP contribution in [0.25, 0.3) is 0 Å². The van der Waals surface area contributed by atoms with Crippen molar-refractivity contribution in [1.82, 2.24) is 9.80 Å². The number of ether oxygens (including phenoxy) is 2. The fourth-order valence-electron chi connectivity index (χ4n) is 3.27. The highest BCUT2D eigenvalue weighted by Gasteiger charge is 2.17. The number of rotatable bonds is 9. The summed E-state index contributed by atoms with van der Waals surface area (Å²) < 4.78 is 10.7. The molecule has 0 atom stereocenters. The van der Waals surface area contributed by atoms with Gasteiger partial charge in [0.2, 0.25) is 11.8 Å². The fraction of sp³-hybridized carbons (Fsp3) is 0.417. The molecule has 0 spiro atoms. The number of benzene rings is 2. The predicted octanol–water partition coefficient (Wildman–Crippen LogP) is 3.16. The number of carbonyl (C=O) groups excluding carboxylic acids is 2. The van der Waals surface area contributed by atoms with Gasteiger partial charge in [0, 0.05) is 19.3 Å². The van der Waals surface area contributed by atoms with Crippen molar-refractivity contribution < 1.29 is 19.1 Å². The van der Waals surface area contributed by atoms with Gasteiger partial charge >= 0.3 is 0 Å². The van der Waals surface area contributed by atoms with E-state index in [0.717, 1.165) is 27.9 Å². The molecule has 0 radical (unpaired) electrons. The number of anilines is 1. The highest BCUT2D eigenvalue weighted by molar-refractivity contribution is 5.93. The largest absolute Gasteiger partial charge is 0.493 e. The molecule has 0 unspecified atom stereocenters. The first-order valence-electron chi connectivity index (χ1n) is 10.2. The van der Waals surface area contributed by atoms with Crippen LogP contribution in [0.4, 0.5) is 5.69 Å². The van der Waals surface area contributed by atoms with Crippen molar-refractivity contribution >= 4 is 17.5 Å². The second kappa shape index (κ2) is 10.8. The Morgan fingerprint density at radius 3 is 2.23 bits per heavy atom. The Morgan fingerprint density at radius 2 is 1.58 bits per heavy atom. The van der Waals surface area contributed by atoms with E-state index in [0.29, 0.717) is 18.0 Å². The summed E-state index contributed by atoms with van der Waals surface area (Å²) >= 11 is 0. The van der Waals surface area contributed by atoms with Crippen molar-refractivity contribution in [3.05, 3.63) is 52.6 Å². The summed E-state index contributed by atoms with van der Waals surface area (Å²) in [5.74, 6) is 1.06. The number of hydrogen-bond acceptors (Lipinski definition) is 5. The third-order valence-corrected chi connectivity index (χ3v) is 5.37. The lowest BCUT2D eigenvalue weighted by Crippen LogP contribution is -2.39. The predicted molar refractivity (Wildman–Crippen MR) is 123 cm³/mol. The van der Waals surface area contributed by atoms with E-state index in [1.54, 1.807) is 38.1 Å². The number of carbonyl (C=O) groups is 2. The second-order valence-corrected chi connectivity index (χ2v) is 7.85. The first kappa shape index (κ1) is 24.2. The van der Waals surface area contributed by atoms with E-state index < -0.39 is 0 Å². The van der Waals surface area contributed by atoms with Gasteiger partial charge in [-0.05, 0) is 68.3 Å². The molecule has 7 heteroatoms. The molecule has 2 amide bonds. The molecule has 1 N–H and O–H groups in total. The van der Waals surface area contributed by atoms with Crippen molar-refractivity contribution in [2.24, 2.45) is 0 Å². The number of likely N-dealkylation sites (N-methyl/N-ethyl adjacent to an activating group) is 2. The Bertz CT molecular complexity index is 943. The minimum Gasteiger partial charge on any atom is -0.493 e. The standard InChI is InChI=1S/C24H33N3O4/c1-16-9-8-10-20(18(16)3)25-23(28)14-26(4)15-24(29)27(5)13-19-12-22(31-7)21(30-6)11-17(19)2/h8-12H,13-15H2,1-7H3,(H,25,28). The maximum absolute atomic E-state index is 12.7. The smallest absolute Gasteiger partial charge is 0.238 e. The van der Waals surface area contributed by atoms with Crippen LogP contribution >= 0.6 is 0 Å². The van der Waals surface area contributed by atoms with E-state index in [1.165, 1.54) is 0 Å². The Hall–Kier alpha value is -3.06. The molecule has 2 rings (SSSR count). The van der Waals surface area contributed by atoms with Crippen molar-refractivity contribution in [3.63, 3.8) is 0 Å². The summed E-state index contributed by atoms with van der Waals surface area (Å²) in [6.45, 7) is 6.66. The van der Waals surface area contributed by atoms with Crippen LogP contribution in [0.15, 0.2) is 30.3 Å². The Labute approximate surface area is 184 Å². The maximum atomic E-state index is 12.7. The summed E-state index contributed by atoms with van der Waals surface area (Å²) in [5.41, 5.74) is 4.95. The highest BCUT2D eigenvalue weighted by Crippen LogP contribution is 2.30. The molecule has 0 aliphatic rings. The van der Waals surface area contributed by atoms with Gasteiger partial charge in [0.15, 0.2) is 11.5 Å². The van der Waals surface area contributed by atoms with Gasteiger partial charge in [-0.25, -0.2) is 0 Å². The van der Waals surface area contributed by atoms with E-state index in [9.17, 15) is 9.59 Å². The van der Waals surface area contributed by atoms with Crippen LogP contribution in [-0.4, -0.2) is 63.0 Å². The number of nitrogens with zero attached hydrogens (tertiary/aromatic N) is 2. The van der Waals surface area contributed by atoms with Crippen LogP contribution in [0.1, 0.15) is 22.3 Å². The van der Waals surface area contributed by atoms with Crippen molar-refractivity contribution in [3.8, 4) is 11.5 Å². The van der Waals surface area contributed by atoms with Crippen molar-refractivity contribution in [1.29, 1.82) is 0 Å². The van der Waals surface area contributed by atoms with Gasteiger partial charge in [-0.3, -0.25) is 14.5 Å². The summed E-state index contributed by atoms with van der Waals surface area (Å²) in [5, 5.41) is 2.92. The lowest BCUT2D eigenvalue weighted by Gasteiger charge is -2.23. The van der Waals surface area contributed by atoms with Gasteiger partial charge in [-0.15, -0.1) is 0 Å². The molecule has 0 saturated carbocycles. The van der Waals surface area contributed by atoms with Crippen LogP contribution in [-0.2, 0) is 16.1 Å². The number of hydrogen-bond donors (Lipinski definition) is 1. The van der Waals surface area contributed by atoms with Gasteiger partial charge in [-0.2, -0.15) is 0 Å². The van der Waals surface area contributed by atoms with Gasteiger partial charge < -0.3 is 19.7 Å².